The van der Waals surface area contributed by atoms with E-state index in [-0.39, 0.29) is 5.97 Å². The SMILES string of the molecule is CC(C)CCC[C@@H](C)[C@H]1CC[C@H]2[C@@H]3CCC4CC(Oc5ccc(C=CC(=O)OCCBr)cc5)CC[C@]4(C)[C@H]3CC[C@]12C. The second kappa shape index (κ2) is 13.8. The highest BCUT2D eigenvalue weighted by Gasteiger charge is 2.60. The third kappa shape index (κ3) is 6.84. The van der Waals surface area contributed by atoms with Crippen molar-refractivity contribution in [1.29, 1.82) is 0 Å². The number of carbonyl (C=O) groups excluding carboxylic acids is 1. The zero-order chi connectivity index (χ0) is 29.9. The number of alkyl halides is 1. The summed E-state index contributed by atoms with van der Waals surface area (Å²) >= 11 is 3.27. The lowest BCUT2D eigenvalue weighted by atomic mass is 9.44. The van der Waals surface area contributed by atoms with E-state index in [0.29, 0.717) is 28.9 Å². The van der Waals surface area contributed by atoms with Gasteiger partial charge in [-0.3, -0.25) is 0 Å². The van der Waals surface area contributed by atoms with Crippen molar-refractivity contribution in [3.8, 4) is 5.75 Å². The van der Waals surface area contributed by atoms with Crippen molar-refractivity contribution < 1.29 is 14.3 Å². The van der Waals surface area contributed by atoms with Gasteiger partial charge in [0.2, 0.25) is 0 Å². The molecular weight excluding hydrogens is 584 g/mol. The van der Waals surface area contributed by atoms with Crippen molar-refractivity contribution in [2.75, 3.05) is 11.9 Å². The van der Waals surface area contributed by atoms with Gasteiger partial charge in [0, 0.05) is 11.4 Å². The third-order valence-electron chi connectivity index (χ3n) is 12.7. The van der Waals surface area contributed by atoms with Gasteiger partial charge in [-0.2, -0.15) is 0 Å². The predicted octanol–water partition coefficient (Wildman–Crippen LogP) is 10.5. The standard InChI is InChI=1S/C38H57BrO3/c1-26(2)7-6-8-27(3)33-16-17-34-32-15-12-29-25-31(19-21-37(29,4)35(32)20-22-38(33,34)5)42-30-13-9-28(10-14-30)11-18-36(40)41-24-23-39/h9-11,13-14,18,26-27,29,31-35H,6-8,12,15-17,19-25H2,1-5H3/t27-,29?,31?,32+,33-,34+,35+,37+,38-/m1/s1. The highest BCUT2D eigenvalue weighted by atomic mass is 79.9. The van der Waals surface area contributed by atoms with E-state index >= 15 is 0 Å². The number of carbonyl (C=O) groups is 1. The van der Waals surface area contributed by atoms with Gasteiger partial charge in [-0.05, 0) is 134 Å². The first kappa shape index (κ1) is 32.1. The molecule has 1 aromatic rings. The zero-order valence-corrected chi connectivity index (χ0v) is 28.7. The lowest BCUT2D eigenvalue weighted by molar-refractivity contribution is -0.137. The fraction of sp³-hybridized carbons (Fsp3) is 0.763. The average molecular weight is 642 g/mol. The lowest BCUT2D eigenvalue weighted by Crippen LogP contribution is -2.54. The van der Waals surface area contributed by atoms with Gasteiger partial charge in [0.05, 0.1) is 6.10 Å². The summed E-state index contributed by atoms with van der Waals surface area (Å²) in [5.74, 6) is 6.93. The second-order valence-electron chi connectivity index (χ2n) is 15.5. The fourth-order valence-electron chi connectivity index (χ4n) is 10.6. The molecule has 5 rings (SSSR count). The maximum Gasteiger partial charge on any atom is 0.330 e. The smallest absolute Gasteiger partial charge is 0.330 e. The minimum atomic E-state index is -0.309. The van der Waals surface area contributed by atoms with Crippen LogP contribution in [-0.4, -0.2) is 24.0 Å². The van der Waals surface area contributed by atoms with Gasteiger partial charge in [-0.25, -0.2) is 4.79 Å². The van der Waals surface area contributed by atoms with Crippen LogP contribution < -0.4 is 4.74 Å². The Bertz CT molecular complexity index is 1060. The molecule has 0 radical (unpaired) electrons. The minimum Gasteiger partial charge on any atom is -0.490 e. The van der Waals surface area contributed by atoms with Crippen LogP contribution in [0, 0.1) is 52.3 Å². The summed E-state index contributed by atoms with van der Waals surface area (Å²) in [6.07, 6.45) is 20.3. The summed E-state index contributed by atoms with van der Waals surface area (Å²) in [5.41, 5.74) is 2.05. The minimum absolute atomic E-state index is 0.309. The van der Waals surface area contributed by atoms with Crippen molar-refractivity contribution >= 4 is 28.0 Å². The molecule has 4 aliphatic rings. The molecule has 3 nitrogen and oxygen atoms in total. The number of fused-ring (bicyclic) bond motifs is 5. The topological polar surface area (TPSA) is 35.5 Å². The molecule has 0 saturated heterocycles. The van der Waals surface area contributed by atoms with Crippen molar-refractivity contribution in [2.45, 2.75) is 118 Å². The second-order valence-corrected chi connectivity index (χ2v) is 16.3. The first-order valence-electron chi connectivity index (χ1n) is 17.3. The van der Waals surface area contributed by atoms with Gasteiger partial charge in [-0.15, -0.1) is 0 Å². The number of hydrogen-bond donors (Lipinski definition) is 0. The molecule has 0 bridgehead atoms. The Morgan fingerprint density at radius 3 is 2.43 bits per heavy atom. The van der Waals surface area contributed by atoms with Crippen molar-refractivity contribution in [2.24, 2.45) is 52.3 Å². The van der Waals surface area contributed by atoms with Gasteiger partial charge in [0.25, 0.3) is 0 Å². The monoisotopic (exact) mass is 640 g/mol. The predicted molar refractivity (Wildman–Crippen MR) is 178 cm³/mol. The Morgan fingerprint density at radius 2 is 1.69 bits per heavy atom. The van der Waals surface area contributed by atoms with Crippen LogP contribution in [0.5, 0.6) is 5.75 Å². The summed E-state index contributed by atoms with van der Waals surface area (Å²) in [6.45, 7) is 13.1. The molecule has 0 aromatic heterocycles. The molecule has 4 heteroatoms. The first-order valence-corrected chi connectivity index (χ1v) is 18.4. The van der Waals surface area contributed by atoms with E-state index < -0.39 is 0 Å². The van der Waals surface area contributed by atoms with Crippen LogP contribution >= 0.6 is 15.9 Å². The number of esters is 1. The van der Waals surface area contributed by atoms with Gasteiger partial charge in [0.15, 0.2) is 0 Å². The molecule has 0 heterocycles. The van der Waals surface area contributed by atoms with E-state index in [0.717, 1.165) is 52.7 Å². The number of rotatable bonds is 11. The van der Waals surface area contributed by atoms with Crippen LogP contribution in [0.15, 0.2) is 30.3 Å². The number of halogens is 1. The van der Waals surface area contributed by atoms with Crippen molar-refractivity contribution in [3.05, 3.63) is 35.9 Å². The van der Waals surface area contributed by atoms with Crippen molar-refractivity contribution in [1.82, 2.24) is 0 Å². The molecule has 2 unspecified atom stereocenters. The van der Waals surface area contributed by atoms with Gasteiger partial charge < -0.3 is 9.47 Å². The van der Waals surface area contributed by atoms with E-state index in [1.54, 1.807) is 6.08 Å². The summed E-state index contributed by atoms with van der Waals surface area (Å²) in [6, 6.07) is 8.16. The van der Waals surface area contributed by atoms with Crippen LogP contribution in [-0.2, 0) is 9.53 Å². The molecule has 4 fully saturated rings. The molecule has 0 spiro atoms. The zero-order valence-electron chi connectivity index (χ0n) is 27.1. The Balaban J connectivity index is 1.16. The Labute approximate surface area is 265 Å². The lowest BCUT2D eigenvalue weighted by Gasteiger charge is -2.61. The fourth-order valence-corrected chi connectivity index (χ4v) is 10.7. The summed E-state index contributed by atoms with van der Waals surface area (Å²) in [4.78, 5) is 11.7. The molecule has 0 aliphatic heterocycles. The van der Waals surface area contributed by atoms with E-state index in [1.807, 2.05) is 12.1 Å². The maximum atomic E-state index is 11.7. The quantitative estimate of drug-likeness (QED) is 0.137. The highest BCUT2D eigenvalue weighted by molar-refractivity contribution is 9.09. The van der Waals surface area contributed by atoms with E-state index in [1.165, 1.54) is 83.1 Å². The van der Waals surface area contributed by atoms with Crippen LogP contribution in [0.1, 0.15) is 117 Å². The Kier molecular flexibility index (Phi) is 10.5. The van der Waals surface area contributed by atoms with E-state index in [4.69, 9.17) is 9.47 Å². The molecule has 1 aromatic carbocycles. The van der Waals surface area contributed by atoms with Crippen LogP contribution in [0.2, 0.25) is 0 Å². The third-order valence-corrected chi connectivity index (χ3v) is 13.1. The van der Waals surface area contributed by atoms with E-state index in [2.05, 4.69) is 62.7 Å². The van der Waals surface area contributed by atoms with Crippen LogP contribution in [0.25, 0.3) is 6.08 Å². The molecule has 42 heavy (non-hydrogen) atoms. The number of hydrogen-bond acceptors (Lipinski definition) is 3. The summed E-state index contributed by atoms with van der Waals surface area (Å²) < 4.78 is 11.7. The van der Waals surface area contributed by atoms with Crippen LogP contribution in [0.3, 0.4) is 0 Å². The Hall–Kier alpha value is -1.29. The largest absolute Gasteiger partial charge is 0.490 e. The maximum absolute atomic E-state index is 11.7. The first-order chi connectivity index (χ1) is 20.1. The average Bonchev–Trinajstić information content (AvgIpc) is 3.33. The molecule has 4 saturated carbocycles. The normalized spacial score (nSPS) is 36.7. The molecule has 4 aliphatic carbocycles. The number of benzene rings is 1. The highest BCUT2D eigenvalue weighted by Crippen LogP contribution is 2.68. The van der Waals surface area contributed by atoms with Crippen molar-refractivity contribution in [3.63, 3.8) is 0 Å². The van der Waals surface area contributed by atoms with Gasteiger partial charge >= 0.3 is 5.97 Å². The number of ether oxygens (including phenoxy) is 2. The molecule has 0 amide bonds. The molecule has 9 atom stereocenters. The molecule has 0 N–H and O–H groups in total. The summed E-state index contributed by atoms with van der Waals surface area (Å²) in [5, 5.41) is 0.652. The summed E-state index contributed by atoms with van der Waals surface area (Å²) in [7, 11) is 0. The van der Waals surface area contributed by atoms with E-state index in [9.17, 15) is 4.79 Å². The van der Waals surface area contributed by atoms with Gasteiger partial charge in [-0.1, -0.05) is 81.9 Å². The molecular formula is C38H57BrO3. The Morgan fingerprint density at radius 1 is 0.952 bits per heavy atom. The van der Waals surface area contributed by atoms with Gasteiger partial charge in [0.1, 0.15) is 12.4 Å². The van der Waals surface area contributed by atoms with Crippen LogP contribution in [0.4, 0.5) is 0 Å². The molecule has 234 valence electrons.